The predicted octanol–water partition coefficient (Wildman–Crippen LogP) is 2.85. The first-order valence-corrected chi connectivity index (χ1v) is 11.7. The molecule has 4 rings (SSSR count). The van der Waals surface area contributed by atoms with Crippen molar-refractivity contribution in [2.45, 2.75) is 56.4 Å². The van der Waals surface area contributed by atoms with Gasteiger partial charge in [0.2, 0.25) is 0 Å². The molecular weight excluding hydrogens is 448 g/mol. The number of hydrogen-bond donors (Lipinski definition) is 3. The third kappa shape index (κ3) is 6.46. The van der Waals surface area contributed by atoms with Crippen LogP contribution < -0.4 is 4.74 Å². The minimum atomic E-state index is -1.45. The Morgan fingerprint density at radius 1 is 0.514 bits per heavy atom. The number of methoxy groups -OCH3 is 1. The molecule has 1 saturated carbocycles. The minimum Gasteiger partial charge on any atom is -0.497 e. The number of benzene rings is 3. The van der Waals surface area contributed by atoms with E-state index in [1.165, 1.54) is 0 Å². The second-order valence-corrected chi connectivity index (χ2v) is 8.62. The van der Waals surface area contributed by atoms with Gasteiger partial charge in [0.1, 0.15) is 42.4 Å². The molecule has 6 atom stereocenters. The van der Waals surface area contributed by atoms with Gasteiger partial charge in [-0.25, -0.2) is 0 Å². The van der Waals surface area contributed by atoms with E-state index in [4.69, 9.17) is 18.9 Å². The van der Waals surface area contributed by atoms with Crippen LogP contribution in [0.2, 0.25) is 0 Å². The fourth-order valence-corrected chi connectivity index (χ4v) is 4.19. The summed E-state index contributed by atoms with van der Waals surface area (Å²) in [7, 11) is 1.60. The Hall–Kier alpha value is -2.78. The van der Waals surface area contributed by atoms with Gasteiger partial charge in [-0.3, -0.25) is 0 Å². The zero-order valence-electron chi connectivity index (χ0n) is 19.6. The SMILES string of the molecule is COc1ccc(COC2[C@H](OCc3ccccc3)[C@H](O)C(O)[C@H](O)[C@H]2OCc2ccccc2)cc1. The van der Waals surface area contributed by atoms with Gasteiger partial charge in [0.15, 0.2) is 0 Å². The summed E-state index contributed by atoms with van der Waals surface area (Å²) >= 11 is 0. The lowest BCUT2D eigenvalue weighted by atomic mass is 9.84. The summed E-state index contributed by atoms with van der Waals surface area (Å²) in [5.41, 5.74) is 2.71. The van der Waals surface area contributed by atoms with E-state index in [-0.39, 0.29) is 19.8 Å². The Labute approximate surface area is 205 Å². The van der Waals surface area contributed by atoms with Crippen molar-refractivity contribution in [3.05, 3.63) is 102 Å². The van der Waals surface area contributed by atoms with Crippen molar-refractivity contribution in [2.75, 3.05) is 7.11 Å². The number of aliphatic hydroxyl groups excluding tert-OH is 3. The first-order valence-electron chi connectivity index (χ1n) is 11.7. The molecule has 7 nitrogen and oxygen atoms in total. The average Bonchev–Trinajstić information content (AvgIpc) is 2.91. The molecule has 1 aliphatic carbocycles. The maximum Gasteiger partial charge on any atom is 0.118 e. The first kappa shape index (κ1) is 25.3. The molecule has 3 aromatic rings. The van der Waals surface area contributed by atoms with Gasteiger partial charge in [-0.1, -0.05) is 72.8 Å². The Balaban J connectivity index is 1.54. The molecule has 3 N–H and O–H groups in total. The van der Waals surface area contributed by atoms with Crippen LogP contribution in [0.1, 0.15) is 16.7 Å². The zero-order chi connectivity index (χ0) is 24.6. The van der Waals surface area contributed by atoms with Gasteiger partial charge in [-0.15, -0.1) is 0 Å². The first-order chi connectivity index (χ1) is 17.1. The summed E-state index contributed by atoms with van der Waals surface area (Å²) in [6, 6.07) is 26.5. The van der Waals surface area contributed by atoms with Crippen LogP contribution in [0.4, 0.5) is 0 Å². The molecule has 1 fully saturated rings. The van der Waals surface area contributed by atoms with Crippen molar-refractivity contribution in [3.8, 4) is 5.75 Å². The van der Waals surface area contributed by atoms with Crippen LogP contribution in [-0.4, -0.2) is 59.1 Å². The summed E-state index contributed by atoms with van der Waals surface area (Å²) < 4.78 is 23.6. The molecule has 0 heterocycles. The lowest BCUT2D eigenvalue weighted by Gasteiger charge is -2.45. The molecule has 0 saturated heterocycles. The largest absolute Gasteiger partial charge is 0.497 e. The summed E-state index contributed by atoms with van der Waals surface area (Å²) in [6.07, 6.45) is -6.84. The van der Waals surface area contributed by atoms with Crippen molar-refractivity contribution in [1.82, 2.24) is 0 Å². The third-order valence-electron chi connectivity index (χ3n) is 6.19. The van der Waals surface area contributed by atoms with Gasteiger partial charge in [0.05, 0.1) is 26.9 Å². The Kier molecular flexibility index (Phi) is 8.87. The second kappa shape index (κ2) is 12.3. The minimum absolute atomic E-state index is 0.195. The summed E-state index contributed by atoms with van der Waals surface area (Å²) in [5.74, 6) is 0.730. The molecule has 0 spiro atoms. The van der Waals surface area contributed by atoms with Gasteiger partial charge >= 0.3 is 0 Å². The van der Waals surface area contributed by atoms with Gasteiger partial charge in [-0.2, -0.15) is 0 Å². The summed E-state index contributed by atoms with van der Waals surface area (Å²) in [5, 5.41) is 32.3. The van der Waals surface area contributed by atoms with Crippen LogP contribution in [0, 0.1) is 0 Å². The molecule has 186 valence electrons. The number of hydrogen-bond acceptors (Lipinski definition) is 7. The van der Waals surface area contributed by atoms with Gasteiger partial charge in [-0.05, 0) is 28.8 Å². The quantitative estimate of drug-likeness (QED) is 0.411. The van der Waals surface area contributed by atoms with E-state index >= 15 is 0 Å². The second-order valence-electron chi connectivity index (χ2n) is 8.62. The molecule has 0 aliphatic heterocycles. The van der Waals surface area contributed by atoms with E-state index in [1.54, 1.807) is 7.11 Å². The maximum absolute atomic E-state index is 10.8. The van der Waals surface area contributed by atoms with Crippen molar-refractivity contribution in [3.63, 3.8) is 0 Å². The third-order valence-corrected chi connectivity index (χ3v) is 6.19. The highest BCUT2D eigenvalue weighted by molar-refractivity contribution is 5.26. The Morgan fingerprint density at radius 2 is 0.914 bits per heavy atom. The normalized spacial score (nSPS) is 26.4. The van der Waals surface area contributed by atoms with Crippen molar-refractivity contribution >= 4 is 0 Å². The standard InChI is InChI=1S/C28H32O7/c1-32-22-14-12-21(13-15-22)18-35-28-26(33-16-19-8-4-2-5-9-19)24(30)23(29)25(31)27(28)34-17-20-10-6-3-7-11-20/h2-15,23-31H,16-18H2,1H3/t23?,24-,25+,26-,27-,28?/m1/s1. The van der Waals surface area contributed by atoms with E-state index in [0.717, 1.165) is 22.4 Å². The van der Waals surface area contributed by atoms with Crippen LogP contribution in [0.5, 0.6) is 5.75 Å². The van der Waals surface area contributed by atoms with Crippen molar-refractivity contribution in [2.24, 2.45) is 0 Å². The van der Waals surface area contributed by atoms with Crippen molar-refractivity contribution < 1.29 is 34.3 Å². The summed E-state index contributed by atoms with van der Waals surface area (Å²) in [4.78, 5) is 0. The smallest absolute Gasteiger partial charge is 0.118 e. The molecule has 7 heteroatoms. The van der Waals surface area contributed by atoms with Crippen LogP contribution in [0.25, 0.3) is 0 Å². The lowest BCUT2D eigenvalue weighted by Crippen LogP contribution is -2.65. The van der Waals surface area contributed by atoms with E-state index in [0.29, 0.717) is 0 Å². The molecule has 1 aliphatic rings. The van der Waals surface area contributed by atoms with Crippen LogP contribution in [0.15, 0.2) is 84.9 Å². The maximum atomic E-state index is 10.8. The molecule has 3 aromatic carbocycles. The van der Waals surface area contributed by atoms with E-state index in [2.05, 4.69) is 0 Å². The van der Waals surface area contributed by atoms with Gasteiger partial charge < -0.3 is 34.3 Å². The van der Waals surface area contributed by atoms with Crippen LogP contribution in [0.3, 0.4) is 0 Å². The fourth-order valence-electron chi connectivity index (χ4n) is 4.19. The highest BCUT2D eigenvalue weighted by Gasteiger charge is 2.51. The molecule has 0 bridgehead atoms. The summed E-state index contributed by atoms with van der Waals surface area (Å²) in [6.45, 7) is 0.610. The highest BCUT2D eigenvalue weighted by atomic mass is 16.6. The molecule has 0 amide bonds. The molecule has 0 aromatic heterocycles. The average molecular weight is 481 g/mol. The lowest BCUT2D eigenvalue weighted by molar-refractivity contribution is -0.263. The van der Waals surface area contributed by atoms with Crippen molar-refractivity contribution in [1.29, 1.82) is 0 Å². The van der Waals surface area contributed by atoms with Gasteiger partial charge in [0, 0.05) is 0 Å². The highest BCUT2D eigenvalue weighted by Crippen LogP contribution is 2.30. The molecule has 2 unspecified atom stereocenters. The van der Waals surface area contributed by atoms with E-state index in [1.807, 2.05) is 84.9 Å². The van der Waals surface area contributed by atoms with E-state index in [9.17, 15) is 15.3 Å². The van der Waals surface area contributed by atoms with Crippen LogP contribution >= 0.6 is 0 Å². The topological polar surface area (TPSA) is 97.6 Å². The number of rotatable bonds is 10. The molecule has 0 radical (unpaired) electrons. The zero-order valence-corrected chi connectivity index (χ0v) is 19.6. The Morgan fingerprint density at radius 3 is 1.34 bits per heavy atom. The fraction of sp³-hybridized carbons (Fsp3) is 0.357. The molecular formula is C28H32O7. The number of aliphatic hydroxyl groups is 3. The Bertz CT molecular complexity index is 955. The number of ether oxygens (including phenoxy) is 4. The van der Waals surface area contributed by atoms with E-state index < -0.39 is 36.6 Å². The van der Waals surface area contributed by atoms with Crippen LogP contribution in [-0.2, 0) is 34.0 Å². The van der Waals surface area contributed by atoms with Gasteiger partial charge in [0.25, 0.3) is 0 Å². The molecule has 35 heavy (non-hydrogen) atoms. The predicted molar refractivity (Wildman–Crippen MR) is 130 cm³/mol. The monoisotopic (exact) mass is 480 g/mol.